The van der Waals surface area contributed by atoms with Crippen LogP contribution in [0.2, 0.25) is 0 Å². The van der Waals surface area contributed by atoms with Crippen LogP contribution >= 0.6 is 11.6 Å². The van der Waals surface area contributed by atoms with E-state index in [1.165, 1.54) is 5.56 Å². The molecule has 0 N–H and O–H groups in total. The van der Waals surface area contributed by atoms with Crippen LogP contribution < -0.4 is 4.90 Å². The molecule has 1 heterocycles. The van der Waals surface area contributed by atoms with Crippen LogP contribution in [0.25, 0.3) is 0 Å². The van der Waals surface area contributed by atoms with E-state index in [1.54, 1.807) is 0 Å². The molecule has 1 atom stereocenters. The molecular formula is C13H16ClNO. The van der Waals surface area contributed by atoms with Gasteiger partial charge >= 0.3 is 0 Å². The molecule has 0 saturated carbocycles. The summed E-state index contributed by atoms with van der Waals surface area (Å²) in [6.45, 7) is 2.82. The number of amides is 1. The summed E-state index contributed by atoms with van der Waals surface area (Å²) in [6.07, 6.45) is 2.44. The summed E-state index contributed by atoms with van der Waals surface area (Å²) >= 11 is 6.02. The van der Waals surface area contributed by atoms with E-state index in [4.69, 9.17) is 11.6 Å². The van der Waals surface area contributed by atoms with E-state index in [0.29, 0.717) is 6.42 Å². The normalized spacial score (nSPS) is 17.9. The van der Waals surface area contributed by atoms with Crippen LogP contribution in [0.1, 0.15) is 25.3 Å². The van der Waals surface area contributed by atoms with Gasteiger partial charge in [-0.25, -0.2) is 0 Å². The standard InChI is InChI=1S/C13H16ClNO/c1-10(14)9-11-5-2-3-6-12(11)15-8-4-7-13(15)16/h2-3,5-6,10H,4,7-9H2,1H3. The van der Waals surface area contributed by atoms with Crippen molar-refractivity contribution in [2.75, 3.05) is 11.4 Å². The first-order valence-corrected chi connectivity index (χ1v) is 6.14. The van der Waals surface area contributed by atoms with Gasteiger partial charge in [-0.3, -0.25) is 4.79 Å². The Balaban J connectivity index is 2.28. The lowest BCUT2D eigenvalue weighted by molar-refractivity contribution is -0.117. The van der Waals surface area contributed by atoms with Gasteiger partial charge in [0.1, 0.15) is 0 Å². The van der Waals surface area contributed by atoms with Gasteiger partial charge in [-0.1, -0.05) is 18.2 Å². The molecule has 0 spiro atoms. The summed E-state index contributed by atoms with van der Waals surface area (Å²) < 4.78 is 0. The zero-order chi connectivity index (χ0) is 11.5. The van der Waals surface area contributed by atoms with E-state index < -0.39 is 0 Å². The molecule has 1 aromatic rings. The lowest BCUT2D eigenvalue weighted by atomic mass is 10.1. The number of alkyl halides is 1. The highest BCUT2D eigenvalue weighted by Gasteiger charge is 2.23. The van der Waals surface area contributed by atoms with Gasteiger partial charge < -0.3 is 4.90 Å². The molecular weight excluding hydrogens is 222 g/mol. The number of hydrogen-bond acceptors (Lipinski definition) is 1. The number of anilines is 1. The molecule has 0 aliphatic carbocycles. The van der Waals surface area contributed by atoms with Crippen molar-refractivity contribution in [3.8, 4) is 0 Å². The zero-order valence-electron chi connectivity index (χ0n) is 9.45. The third-order valence-corrected chi connectivity index (χ3v) is 3.01. The summed E-state index contributed by atoms with van der Waals surface area (Å²) in [4.78, 5) is 13.6. The Labute approximate surface area is 101 Å². The van der Waals surface area contributed by atoms with E-state index in [-0.39, 0.29) is 11.3 Å². The number of hydrogen-bond donors (Lipinski definition) is 0. The van der Waals surface area contributed by atoms with Crippen LogP contribution in [0.5, 0.6) is 0 Å². The fourth-order valence-electron chi connectivity index (χ4n) is 2.15. The Morgan fingerprint density at radius 1 is 1.44 bits per heavy atom. The molecule has 2 nitrogen and oxygen atoms in total. The van der Waals surface area contributed by atoms with Gasteiger partial charge in [0.15, 0.2) is 0 Å². The van der Waals surface area contributed by atoms with E-state index in [0.717, 1.165) is 25.1 Å². The van der Waals surface area contributed by atoms with Crippen molar-refractivity contribution in [2.24, 2.45) is 0 Å². The molecule has 0 aromatic heterocycles. The van der Waals surface area contributed by atoms with Crippen LogP contribution in [-0.4, -0.2) is 17.8 Å². The van der Waals surface area contributed by atoms with Crippen LogP contribution in [0.15, 0.2) is 24.3 Å². The van der Waals surface area contributed by atoms with Crippen LogP contribution in [0.3, 0.4) is 0 Å². The zero-order valence-corrected chi connectivity index (χ0v) is 10.2. The lowest BCUT2D eigenvalue weighted by Gasteiger charge is -2.20. The van der Waals surface area contributed by atoms with E-state index in [9.17, 15) is 4.79 Å². The Bertz CT molecular complexity index is 389. The van der Waals surface area contributed by atoms with Crippen molar-refractivity contribution in [1.29, 1.82) is 0 Å². The van der Waals surface area contributed by atoms with Gasteiger partial charge in [0.2, 0.25) is 5.91 Å². The van der Waals surface area contributed by atoms with Gasteiger partial charge in [-0.05, 0) is 31.4 Å². The molecule has 1 aliphatic rings. The molecule has 1 aliphatic heterocycles. The Morgan fingerprint density at radius 2 is 2.19 bits per heavy atom. The summed E-state index contributed by atoms with van der Waals surface area (Å²) in [5.74, 6) is 0.231. The van der Waals surface area contributed by atoms with Crippen LogP contribution in [-0.2, 0) is 11.2 Å². The third kappa shape index (κ3) is 2.38. The minimum atomic E-state index is 0.0962. The van der Waals surface area contributed by atoms with Crippen molar-refractivity contribution in [1.82, 2.24) is 0 Å². The average molecular weight is 238 g/mol. The number of nitrogens with zero attached hydrogens (tertiary/aromatic N) is 1. The van der Waals surface area contributed by atoms with E-state index in [2.05, 4.69) is 6.07 Å². The Morgan fingerprint density at radius 3 is 2.81 bits per heavy atom. The second-order valence-corrected chi connectivity index (χ2v) is 5.01. The minimum Gasteiger partial charge on any atom is -0.312 e. The van der Waals surface area contributed by atoms with Crippen molar-refractivity contribution in [3.05, 3.63) is 29.8 Å². The third-order valence-electron chi connectivity index (χ3n) is 2.86. The van der Waals surface area contributed by atoms with Gasteiger partial charge in [0.05, 0.1) is 0 Å². The Kier molecular flexibility index (Phi) is 3.49. The molecule has 1 unspecified atom stereocenters. The number of halogens is 1. The average Bonchev–Trinajstić information content (AvgIpc) is 2.64. The highest BCUT2D eigenvalue weighted by molar-refractivity contribution is 6.20. The maximum Gasteiger partial charge on any atom is 0.227 e. The molecule has 3 heteroatoms. The number of rotatable bonds is 3. The highest BCUT2D eigenvalue weighted by atomic mass is 35.5. The molecule has 1 fully saturated rings. The molecule has 0 radical (unpaired) electrons. The summed E-state index contributed by atoms with van der Waals surface area (Å²) in [7, 11) is 0. The van der Waals surface area contributed by atoms with E-state index >= 15 is 0 Å². The molecule has 0 bridgehead atoms. The predicted octanol–water partition coefficient (Wildman–Crippen LogP) is 2.98. The first kappa shape index (κ1) is 11.5. The smallest absolute Gasteiger partial charge is 0.227 e. The highest BCUT2D eigenvalue weighted by Crippen LogP contribution is 2.26. The molecule has 2 rings (SSSR count). The van der Waals surface area contributed by atoms with Gasteiger partial charge in [-0.15, -0.1) is 11.6 Å². The van der Waals surface area contributed by atoms with Crippen LogP contribution in [0.4, 0.5) is 5.69 Å². The molecule has 16 heavy (non-hydrogen) atoms. The molecule has 1 saturated heterocycles. The second kappa shape index (κ2) is 4.88. The topological polar surface area (TPSA) is 20.3 Å². The SMILES string of the molecule is CC(Cl)Cc1ccccc1N1CCCC1=O. The minimum absolute atomic E-state index is 0.0962. The summed E-state index contributed by atoms with van der Waals surface area (Å²) in [5.41, 5.74) is 2.21. The monoisotopic (exact) mass is 237 g/mol. The first-order chi connectivity index (χ1) is 7.68. The number of carbonyl (C=O) groups excluding carboxylic acids is 1. The lowest BCUT2D eigenvalue weighted by Crippen LogP contribution is -2.25. The number of benzene rings is 1. The maximum atomic E-state index is 11.7. The van der Waals surface area contributed by atoms with Gasteiger partial charge in [0.25, 0.3) is 0 Å². The molecule has 1 aromatic carbocycles. The molecule has 86 valence electrons. The van der Waals surface area contributed by atoms with Crippen molar-refractivity contribution in [3.63, 3.8) is 0 Å². The number of carbonyl (C=O) groups is 1. The van der Waals surface area contributed by atoms with Crippen molar-refractivity contribution >= 4 is 23.2 Å². The predicted molar refractivity (Wildman–Crippen MR) is 67.0 cm³/mol. The fourth-order valence-corrected chi connectivity index (χ4v) is 2.32. The quantitative estimate of drug-likeness (QED) is 0.741. The van der Waals surface area contributed by atoms with Crippen molar-refractivity contribution < 1.29 is 4.79 Å². The largest absolute Gasteiger partial charge is 0.312 e. The van der Waals surface area contributed by atoms with Crippen molar-refractivity contribution in [2.45, 2.75) is 31.6 Å². The number of para-hydroxylation sites is 1. The fraction of sp³-hybridized carbons (Fsp3) is 0.462. The molecule has 1 amide bonds. The summed E-state index contributed by atoms with van der Waals surface area (Å²) in [5, 5.41) is 0.0962. The van der Waals surface area contributed by atoms with Gasteiger partial charge in [0, 0.05) is 24.0 Å². The van der Waals surface area contributed by atoms with Crippen LogP contribution in [0, 0.1) is 0 Å². The van der Waals surface area contributed by atoms with Gasteiger partial charge in [-0.2, -0.15) is 0 Å². The second-order valence-electron chi connectivity index (χ2n) is 4.26. The first-order valence-electron chi connectivity index (χ1n) is 5.71. The van der Waals surface area contributed by atoms with E-state index in [1.807, 2.05) is 30.0 Å². The summed E-state index contributed by atoms with van der Waals surface area (Å²) in [6, 6.07) is 8.04. The Hall–Kier alpha value is -1.02. The maximum absolute atomic E-state index is 11.7.